The van der Waals surface area contributed by atoms with Crippen LogP contribution in [0.25, 0.3) is 0 Å². The van der Waals surface area contributed by atoms with E-state index in [9.17, 15) is 19.2 Å². The first-order valence-electron chi connectivity index (χ1n) is 12.8. The molecular weight excluding hydrogens is 464 g/mol. The highest BCUT2D eigenvalue weighted by Gasteiger charge is 2.34. The van der Waals surface area contributed by atoms with E-state index in [2.05, 4.69) is 17.6 Å². The van der Waals surface area contributed by atoms with Gasteiger partial charge in [-0.2, -0.15) is 0 Å². The molecule has 0 bridgehead atoms. The van der Waals surface area contributed by atoms with Gasteiger partial charge in [-0.05, 0) is 24.5 Å². The third-order valence-electron chi connectivity index (χ3n) is 6.66. The number of alkyl carbamates (subject to hydrolysis) is 1. The largest absolute Gasteiger partial charge is 0.453 e. The van der Waals surface area contributed by atoms with Crippen molar-refractivity contribution in [2.45, 2.75) is 51.5 Å². The Kier molecular flexibility index (Phi) is 10.5. The Labute approximate surface area is 212 Å². The lowest BCUT2D eigenvalue weighted by Gasteiger charge is -2.36. The molecule has 0 aromatic heterocycles. The van der Waals surface area contributed by atoms with Crippen molar-refractivity contribution >= 4 is 29.5 Å². The maximum atomic E-state index is 13.8. The van der Waals surface area contributed by atoms with Gasteiger partial charge in [0.2, 0.25) is 17.7 Å². The lowest BCUT2D eigenvalue weighted by molar-refractivity contribution is -0.136. The molecule has 36 heavy (non-hydrogen) atoms. The van der Waals surface area contributed by atoms with E-state index < -0.39 is 12.0 Å². The number of ether oxygens (including phenoxy) is 2. The van der Waals surface area contributed by atoms with Gasteiger partial charge in [-0.25, -0.2) is 4.79 Å². The third-order valence-corrected chi connectivity index (χ3v) is 6.66. The molecule has 1 aromatic rings. The summed E-state index contributed by atoms with van der Waals surface area (Å²) in [6, 6.07) is 7.32. The van der Waals surface area contributed by atoms with Crippen LogP contribution < -0.4 is 15.5 Å². The molecule has 0 spiro atoms. The second-order valence-electron chi connectivity index (χ2n) is 9.28. The fourth-order valence-electron chi connectivity index (χ4n) is 4.70. The van der Waals surface area contributed by atoms with Crippen LogP contribution in [-0.2, 0) is 30.3 Å². The van der Waals surface area contributed by atoms with Crippen LogP contribution in [-0.4, -0.2) is 81.3 Å². The molecule has 0 aliphatic carbocycles. The lowest BCUT2D eigenvalue weighted by Crippen LogP contribution is -2.52. The molecule has 2 heterocycles. The van der Waals surface area contributed by atoms with Gasteiger partial charge in [-0.1, -0.05) is 44.4 Å². The van der Waals surface area contributed by atoms with Crippen molar-refractivity contribution < 1.29 is 28.7 Å². The van der Waals surface area contributed by atoms with E-state index in [4.69, 9.17) is 9.47 Å². The van der Waals surface area contributed by atoms with Gasteiger partial charge >= 0.3 is 6.09 Å². The quantitative estimate of drug-likeness (QED) is 0.472. The molecule has 1 aromatic carbocycles. The monoisotopic (exact) mass is 502 g/mol. The second-order valence-corrected chi connectivity index (χ2v) is 9.28. The molecule has 4 amide bonds. The van der Waals surface area contributed by atoms with E-state index >= 15 is 0 Å². The molecule has 3 rings (SSSR count). The molecule has 2 aliphatic rings. The van der Waals surface area contributed by atoms with Crippen LogP contribution in [0.5, 0.6) is 0 Å². The van der Waals surface area contributed by atoms with E-state index in [1.54, 1.807) is 9.80 Å². The number of hydrogen-bond donors (Lipinski definition) is 2. The molecule has 2 N–H and O–H groups in total. The fourth-order valence-corrected chi connectivity index (χ4v) is 4.70. The normalized spacial score (nSPS) is 18.1. The van der Waals surface area contributed by atoms with Gasteiger partial charge < -0.3 is 29.9 Å². The Morgan fingerprint density at radius 3 is 2.61 bits per heavy atom. The maximum Gasteiger partial charge on any atom is 0.407 e. The highest BCUT2D eigenvalue weighted by atomic mass is 16.5. The molecule has 2 atom stereocenters. The number of carbonyl (C=O) groups is 4. The highest BCUT2D eigenvalue weighted by molar-refractivity contribution is 5.98. The van der Waals surface area contributed by atoms with Crippen molar-refractivity contribution in [3.63, 3.8) is 0 Å². The Balaban J connectivity index is 1.68. The number of hydrogen-bond acceptors (Lipinski definition) is 6. The Morgan fingerprint density at radius 2 is 1.89 bits per heavy atom. The fraction of sp³-hybridized carbons (Fsp3) is 0.615. The number of para-hydroxylation sites is 1. The predicted molar refractivity (Wildman–Crippen MR) is 134 cm³/mol. The molecule has 10 heteroatoms. The predicted octanol–water partition coefficient (Wildman–Crippen LogP) is 1.86. The van der Waals surface area contributed by atoms with E-state index in [-0.39, 0.29) is 36.7 Å². The zero-order chi connectivity index (χ0) is 25.9. The van der Waals surface area contributed by atoms with E-state index in [1.165, 1.54) is 7.11 Å². The van der Waals surface area contributed by atoms with Crippen molar-refractivity contribution in [3.05, 3.63) is 29.8 Å². The first kappa shape index (κ1) is 27.4. The van der Waals surface area contributed by atoms with Gasteiger partial charge in [0.05, 0.1) is 32.9 Å². The van der Waals surface area contributed by atoms with Crippen molar-refractivity contribution in [2.75, 3.05) is 51.4 Å². The lowest BCUT2D eigenvalue weighted by atomic mass is 9.92. The molecule has 0 saturated carbocycles. The number of unbranched alkanes of at least 4 members (excludes halogenated alkanes) is 2. The first-order chi connectivity index (χ1) is 17.4. The smallest absolute Gasteiger partial charge is 0.407 e. The van der Waals surface area contributed by atoms with Crippen LogP contribution in [0.2, 0.25) is 0 Å². The summed E-state index contributed by atoms with van der Waals surface area (Å²) in [6.45, 7) is 4.32. The van der Waals surface area contributed by atoms with Gasteiger partial charge in [0.25, 0.3) is 0 Å². The Morgan fingerprint density at radius 1 is 1.14 bits per heavy atom. The van der Waals surface area contributed by atoms with Crippen molar-refractivity contribution in [3.8, 4) is 0 Å². The summed E-state index contributed by atoms with van der Waals surface area (Å²) < 4.78 is 10.0. The summed E-state index contributed by atoms with van der Waals surface area (Å²) in [5, 5.41) is 5.51. The van der Waals surface area contributed by atoms with Crippen molar-refractivity contribution in [1.29, 1.82) is 0 Å². The third kappa shape index (κ3) is 7.68. The van der Waals surface area contributed by atoms with E-state index in [0.717, 1.165) is 30.5 Å². The van der Waals surface area contributed by atoms with Gasteiger partial charge in [-0.15, -0.1) is 0 Å². The van der Waals surface area contributed by atoms with Gasteiger partial charge in [-0.3, -0.25) is 14.4 Å². The number of amides is 4. The number of fused-ring (bicyclic) bond motifs is 1. The number of nitrogens with zero attached hydrogens (tertiary/aromatic N) is 2. The maximum absolute atomic E-state index is 13.8. The van der Waals surface area contributed by atoms with Crippen LogP contribution in [0, 0.1) is 5.92 Å². The van der Waals surface area contributed by atoms with Gasteiger partial charge in [0, 0.05) is 37.7 Å². The Bertz CT molecular complexity index is 917. The van der Waals surface area contributed by atoms with Gasteiger partial charge in [0.1, 0.15) is 0 Å². The second kappa shape index (κ2) is 13.8. The molecule has 1 fully saturated rings. The number of benzene rings is 1. The Hall–Kier alpha value is -3.14. The molecule has 198 valence electrons. The zero-order valence-electron chi connectivity index (χ0n) is 21.3. The summed E-state index contributed by atoms with van der Waals surface area (Å²) in [4.78, 5) is 54.2. The summed E-state index contributed by atoms with van der Waals surface area (Å²) in [5.41, 5.74) is 1.75. The number of methoxy groups -OCH3 is 1. The topological polar surface area (TPSA) is 117 Å². The minimum Gasteiger partial charge on any atom is -0.453 e. The minimum atomic E-state index is -0.546. The van der Waals surface area contributed by atoms with Crippen molar-refractivity contribution in [1.82, 2.24) is 15.5 Å². The zero-order valence-corrected chi connectivity index (χ0v) is 21.3. The van der Waals surface area contributed by atoms with Crippen LogP contribution in [0.3, 0.4) is 0 Å². The number of rotatable bonds is 10. The molecule has 0 radical (unpaired) electrons. The minimum absolute atomic E-state index is 0.00665. The summed E-state index contributed by atoms with van der Waals surface area (Å²) in [5.74, 6) is -1.15. The molecule has 1 saturated heterocycles. The van der Waals surface area contributed by atoms with Crippen molar-refractivity contribution in [2.24, 2.45) is 5.92 Å². The van der Waals surface area contributed by atoms with Crippen LogP contribution in [0.1, 0.15) is 44.6 Å². The number of anilines is 1. The van der Waals surface area contributed by atoms with Gasteiger partial charge in [0.15, 0.2) is 0 Å². The molecular formula is C26H38N4O6. The van der Waals surface area contributed by atoms with Crippen LogP contribution >= 0.6 is 0 Å². The molecule has 10 nitrogen and oxygen atoms in total. The van der Waals surface area contributed by atoms with Crippen LogP contribution in [0.4, 0.5) is 10.5 Å². The average Bonchev–Trinajstić information content (AvgIpc) is 2.90. The summed E-state index contributed by atoms with van der Waals surface area (Å²) >= 11 is 0. The highest BCUT2D eigenvalue weighted by Crippen LogP contribution is 2.30. The van der Waals surface area contributed by atoms with E-state index in [0.29, 0.717) is 45.7 Å². The number of carbonyl (C=O) groups excluding carboxylic acids is 4. The molecule has 1 unspecified atom stereocenters. The summed E-state index contributed by atoms with van der Waals surface area (Å²) in [6.07, 6.45) is 3.41. The SMILES string of the molecule is CCCCC[C@@H](CC(=O)NCC(=O)N1CCOCC1)C(=O)N1CC(NC(=O)OC)Cc2ccccc21. The van der Waals surface area contributed by atoms with E-state index in [1.807, 2.05) is 24.3 Å². The molecule has 2 aliphatic heterocycles. The first-order valence-corrected chi connectivity index (χ1v) is 12.8. The van der Waals surface area contributed by atoms with Crippen LogP contribution in [0.15, 0.2) is 24.3 Å². The number of morpholine rings is 1. The standard InChI is InChI=1S/C26H38N4O6/c1-3-4-5-9-20(16-23(31)27-17-24(32)29-11-13-36-14-12-29)25(33)30-18-21(28-26(34)35-2)15-19-8-6-7-10-22(19)30/h6-8,10,20-21H,3-5,9,11-18H2,1-2H3,(H,27,31)(H,28,34)/t20-,21?/m0/s1. The number of nitrogens with one attached hydrogen (secondary N) is 2. The average molecular weight is 503 g/mol. The summed E-state index contributed by atoms with van der Waals surface area (Å²) in [7, 11) is 1.31.